The number of hydrogen-bond donors (Lipinski definition) is 1. The van der Waals surface area contributed by atoms with Crippen molar-refractivity contribution in [1.29, 1.82) is 0 Å². The predicted molar refractivity (Wildman–Crippen MR) is 131 cm³/mol. The fourth-order valence-electron chi connectivity index (χ4n) is 3.94. The lowest BCUT2D eigenvalue weighted by atomic mass is 10.1. The van der Waals surface area contributed by atoms with Gasteiger partial charge < -0.3 is 14.5 Å². The Hall–Kier alpha value is -3.37. The molecule has 0 spiro atoms. The van der Waals surface area contributed by atoms with Crippen molar-refractivity contribution in [2.24, 2.45) is 0 Å². The Morgan fingerprint density at radius 2 is 2.03 bits per heavy atom. The quantitative estimate of drug-likeness (QED) is 0.272. The van der Waals surface area contributed by atoms with Gasteiger partial charge in [0.25, 0.3) is 0 Å². The van der Waals surface area contributed by atoms with Gasteiger partial charge in [0.1, 0.15) is 5.00 Å². The Kier molecular flexibility index (Phi) is 6.50. The zero-order chi connectivity index (χ0) is 23.5. The molecule has 0 atom stereocenters. The molecule has 0 saturated carbocycles. The number of furan rings is 1. The first kappa shape index (κ1) is 22.4. The number of ether oxygens (including phenoxy) is 1. The number of aromatic nitrogens is 3. The second-order valence-corrected chi connectivity index (χ2v) is 9.62. The lowest BCUT2D eigenvalue weighted by Gasteiger charge is -2.10. The maximum Gasteiger partial charge on any atom is 0.341 e. The van der Waals surface area contributed by atoms with Crippen molar-refractivity contribution in [1.82, 2.24) is 14.8 Å². The third-order valence-corrected chi connectivity index (χ3v) is 7.51. The topological polar surface area (TPSA) is 99.2 Å². The van der Waals surface area contributed by atoms with Crippen LogP contribution >= 0.6 is 23.1 Å². The number of amides is 1. The first-order valence-corrected chi connectivity index (χ1v) is 12.7. The van der Waals surface area contributed by atoms with Crippen molar-refractivity contribution in [3.05, 3.63) is 64.7 Å². The van der Waals surface area contributed by atoms with Crippen LogP contribution in [0.2, 0.25) is 0 Å². The molecule has 3 aromatic heterocycles. The summed E-state index contributed by atoms with van der Waals surface area (Å²) in [6, 6.07) is 13.3. The molecule has 1 aromatic carbocycles. The molecule has 0 saturated heterocycles. The number of esters is 1. The summed E-state index contributed by atoms with van der Waals surface area (Å²) in [5.41, 5.74) is 2.38. The van der Waals surface area contributed by atoms with E-state index >= 15 is 0 Å². The number of thioether (sulfide) groups is 1. The van der Waals surface area contributed by atoms with Gasteiger partial charge in [0.15, 0.2) is 10.9 Å². The van der Waals surface area contributed by atoms with Crippen LogP contribution in [0.25, 0.3) is 17.3 Å². The van der Waals surface area contributed by atoms with E-state index < -0.39 is 0 Å². The van der Waals surface area contributed by atoms with Gasteiger partial charge in [-0.1, -0.05) is 30.0 Å². The van der Waals surface area contributed by atoms with Gasteiger partial charge in [0, 0.05) is 10.6 Å². The molecule has 0 fully saturated rings. The number of benzene rings is 1. The summed E-state index contributed by atoms with van der Waals surface area (Å²) in [4.78, 5) is 26.6. The summed E-state index contributed by atoms with van der Waals surface area (Å²) in [5, 5.41) is 12.7. The van der Waals surface area contributed by atoms with Crippen LogP contribution in [-0.2, 0) is 22.4 Å². The molecule has 1 amide bonds. The normalized spacial score (nSPS) is 12.5. The third kappa shape index (κ3) is 4.38. The molecule has 8 nitrogen and oxygen atoms in total. The molecule has 0 radical (unpaired) electrons. The summed E-state index contributed by atoms with van der Waals surface area (Å²) in [7, 11) is 0. The highest BCUT2D eigenvalue weighted by Gasteiger charge is 2.28. The molecule has 1 aliphatic rings. The van der Waals surface area contributed by atoms with Gasteiger partial charge in [-0.25, -0.2) is 4.79 Å². The van der Waals surface area contributed by atoms with Crippen molar-refractivity contribution in [3.8, 4) is 17.3 Å². The number of thiophene rings is 1. The van der Waals surface area contributed by atoms with E-state index in [2.05, 4.69) is 15.5 Å². The number of aryl methyl sites for hydroxylation is 1. The fraction of sp³-hybridized carbons (Fsp3) is 0.250. The molecular weight excluding hydrogens is 472 g/mol. The molecule has 3 heterocycles. The number of carbonyl (C=O) groups excluding carboxylic acids is 2. The summed E-state index contributed by atoms with van der Waals surface area (Å²) in [6.07, 6.45) is 4.36. The van der Waals surface area contributed by atoms with E-state index in [1.165, 1.54) is 23.1 Å². The van der Waals surface area contributed by atoms with Gasteiger partial charge in [-0.15, -0.1) is 21.5 Å². The maximum absolute atomic E-state index is 12.9. The van der Waals surface area contributed by atoms with E-state index in [9.17, 15) is 9.59 Å². The lowest BCUT2D eigenvalue weighted by Crippen LogP contribution is -2.17. The predicted octanol–water partition coefficient (Wildman–Crippen LogP) is 4.99. The second kappa shape index (κ2) is 9.86. The van der Waals surface area contributed by atoms with Gasteiger partial charge in [0.2, 0.25) is 11.7 Å². The van der Waals surface area contributed by atoms with Crippen LogP contribution in [-0.4, -0.2) is 39.0 Å². The Labute approximate surface area is 204 Å². The monoisotopic (exact) mass is 494 g/mol. The summed E-state index contributed by atoms with van der Waals surface area (Å²) in [6.45, 7) is 2.07. The Balaban J connectivity index is 1.36. The van der Waals surface area contributed by atoms with E-state index in [-0.39, 0.29) is 17.6 Å². The average molecular weight is 495 g/mol. The van der Waals surface area contributed by atoms with E-state index in [1.54, 1.807) is 19.3 Å². The molecule has 10 heteroatoms. The van der Waals surface area contributed by atoms with Gasteiger partial charge in [0.05, 0.1) is 24.2 Å². The summed E-state index contributed by atoms with van der Waals surface area (Å²) >= 11 is 2.73. The lowest BCUT2D eigenvalue weighted by molar-refractivity contribution is -0.113. The molecule has 0 unspecified atom stereocenters. The minimum absolute atomic E-state index is 0.105. The second-order valence-electron chi connectivity index (χ2n) is 7.57. The number of nitrogens with one attached hydrogen (secondary N) is 1. The van der Waals surface area contributed by atoms with E-state index in [1.807, 2.05) is 41.0 Å². The van der Waals surface area contributed by atoms with Crippen LogP contribution in [0.3, 0.4) is 0 Å². The Bertz CT molecular complexity index is 1310. The van der Waals surface area contributed by atoms with Crippen molar-refractivity contribution >= 4 is 40.0 Å². The molecule has 34 heavy (non-hydrogen) atoms. The standard InChI is InChI=1S/C24H22N4O4S2/c1-2-31-23(30)20-16-10-6-12-18(16)34-22(20)25-19(29)14-33-24-27-26-21(17-11-7-13-32-17)28(24)15-8-4-3-5-9-15/h3-5,7-9,11,13H,2,6,10,12,14H2,1H3,(H,25,29). The third-order valence-electron chi connectivity index (χ3n) is 5.38. The van der Waals surface area contributed by atoms with Crippen molar-refractivity contribution in [2.45, 2.75) is 31.3 Å². The van der Waals surface area contributed by atoms with E-state index in [0.717, 1.165) is 35.4 Å². The maximum atomic E-state index is 12.9. The van der Waals surface area contributed by atoms with Gasteiger partial charge in [-0.05, 0) is 56.0 Å². The highest BCUT2D eigenvalue weighted by Crippen LogP contribution is 2.39. The van der Waals surface area contributed by atoms with Crippen molar-refractivity contribution in [3.63, 3.8) is 0 Å². The van der Waals surface area contributed by atoms with Crippen LogP contribution < -0.4 is 5.32 Å². The Morgan fingerprint density at radius 3 is 2.79 bits per heavy atom. The van der Waals surface area contributed by atoms with Crippen molar-refractivity contribution < 1.29 is 18.7 Å². The van der Waals surface area contributed by atoms with E-state index in [0.29, 0.717) is 33.9 Å². The molecular formula is C24H22N4O4S2. The Morgan fingerprint density at radius 1 is 1.18 bits per heavy atom. The van der Waals surface area contributed by atoms with Crippen LogP contribution in [0.5, 0.6) is 0 Å². The number of nitrogens with zero attached hydrogens (tertiary/aromatic N) is 3. The smallest absolute Gasteiger partial charge is 0.341 e. The zero-order valence-corrected chi connectivity index (χ0v) is 20.1. The number of rotatable bonds is 8. The van der Waals surface area contributed by atoms with Gasteiger partial charge in [-0.3, -0.25) is 9.36 Å². The van der Waals surface area contributed by atoms with Gasteiger partial charge in [-0.2, -0.15) is 0 Å². The summed E-state index contributed by atoms with van der Waals surface area (Å²) < 4.78 is 12.6. The molecule has 174 valence electrons. The molecule has 4 aromatic rings. The largest absolute Gasteiger partial charge is 0.462 e. The van der Waals surface area contributed by atoms with E-state index in [4.69, 9.17) is 9.15 Å². The van der Waals surface area contributed by atoms with Gasteiger partial charge >= 0.3 is 5.97 Å². The van der Waals surface area contributed by atoms with Crippen LogP contribution in [0.4, 0.5) is 5.00 Å². The first-order chi connectivity index (χ1) is 16.7. The summed E-state index contributed by atoms with van der Waals surface area (Å²) in [5.74, 6) is 0.640. The van der Waals surface area contributed by atoms with Crippen LogP contribution in [0.1, 0.15) is 34.1 Å². The molecule has 0 bridgehead atoms. The number of carbonyl (C=O) groups is 2. The minimum atomic E-state index is -0.378. The molecule has 1 N–H and O–H groups in total. The highest BCUT2D eigenvalue weighted by atomic mass is 32.2. The van der Waals surface area contributed by atoms with Crippen LogP contribution in [0, 0.1) is 0 Å². The zero-order valence-electron chi connectivity index (χ0n) is 18.4. The molecule has 0 aliphatic heterocycles. The molecule has 1 aliphatic carbocycles. The number of anilines is 1. The SMILES string of the molecule is CCOC(=O)c1c(NC(=O)CSc2nnc(-c3ccco3)n2-c2ccccc2)sc2c1CCC2. The number of para-hydroxylation sites is 1. The fourth-order valence-corrected chi connectivity index (χ4v) is 5.99. The highest BCUT2D eigenvalue weighted by molar-refractivity contribution is 7.99. The minimum Gasteiger partial charge on any atom is -0.462 e. The van der Waals surface area contributed by atoms with Crippen LogP contribution in [0.15, 0.2) is 58.3 Å². The average Bonchev–Trinajstić information content (AvgIpc) is 3.62. The first-order valence-electron chi connectivity index (χ1n) is 10.9. The number of hydrogen-bond acceptors (Lipinski definition) is 8. The molecule has 5 rings (SSSR count). The van der Waals surface area contributed by atoms with Crippen molar-refractivity contribution in [2.75, 3.05) is 17.7 Å². The number of fused-ring (bicyclic) bond motifs is 1.